The monoisotopic (exact) mass is 201 g/mol. The van der Waals surface area contributed by atoms with Crippen molar-refractivity contribution in [2.45, 2.75) is 0 Å². The van der Waals surface area contributed by atoms with Gasteiger partial charge in [0.1, 0.15) is 0 Å². The molecule has 0 unspecified atom stereocenters. The second kappa shape index (κ2) is 4.32. The molecule has 76 valence electrons. The second-order valence-electron chi connectivity index (χ2n) is 3.01. The van der Waals surface area contributed by atoms with E-state index in [1.807, 2.05) is 30.4 Å². The first-order valence-electron chi connectivity index (χ1n) is 4.61. The topological polar surface area (TPSA) is 44.4 Å². The number of hydrogen-bond donors (Lipinski definition) is 2. The zero-order valence-corrected chi connectivity index (χ0v) is 8.05. The molecule has 1 aliphatic heterocycles. The lowest BCUT2D eigenvalue weighted by Crippen LogP contribution is -2.45. The number of allylic oxidation sites excluding steroid dienone is 2. The van der Waals surface area contributed by atoms with Crippen molar-refractivity contribution in [1.82, 2.24) is 16.0 Å². The van der Waals surface area contributed by atoms with Gasteiger partial charge in [-0.3, -0.25) is 10.2 Å². The van der Waals surface area contributed by atoms with Crippen molar-refractivity contribution in [2.75, 3.05) is 0 Å². The summed E-state index contributed by atoms with van der Waals surface area (Å²) in [6, 6.07) is 9.05. The van der Waals surface area contributed by atoms with E-state index in [-0.39, 0.29) is 5.91 Å². The molecule has 15 heavy (non-hydrogen) atoms. The van der Waals surface area contributed by atoms with Gasteiger partial charge < -0.3 is 0 Å². The van der Waals surface area contributed by atoms with Crippen LogP contribution >= 0.6 is 0 Å². The molecule has 0 aromatic heterocycles. The highest BCUT2D eigenvalue weighted by molar-refractivity contribution is 5.93. The summed E-state index contributed by atoms with van der Waals surface area (Å²) in [4.78, 5) is 11.7. The van der Waals surface area contributed by atoms with Gasteiger partial charge in [0.2, 0.25) is 0 Å². The summed E-state index contributed by atoms with van der Waals surface area (Å²) in [6.45, 7) is 0. The maximum Gasteiger partial charge on any atom is 0.271 e. The molecule has 1 amide bonds. The van der Waals surface area contributed by atoms with Gasteiger partial charge in [-0.05, 0) is 24.3 Å². The molecule has 2 N–H and O–H groups in total. The van der Waals surface area contributed by atoms with Crippen LogP contribution in [-0.4, -0.2) is 11.0 Å². The zero-order chi connectivity index (χ0) is 10.5. The Kier molecular flexibility index (Phi) is 2.69. The summed E-state index contributed by atoms with van der Waals surface area (Å²) in [5, 5.41) is 1.50. The fourth-order valence-corrected chi connectivity index (χ4v) is 1.19. The van der Waals surface area contributed by atoms with Crippen LogP contribution in [0.1, 0.15) is 10.4 Å². The quantitative estimate of drug-likeness (QED) is 0.755. The third-order valence-electron chi connectivity index (χ3n) is 1.91. The van der Waals surface area contributed by atoms with Crippen molar-refractivity contribution in [3.05, 3.63) is 60.4 Å². The Balaban J connectivity index is 1.98. The van der Waals surface area contributed by atoms with Crippen LogP contribution in [0.25, 0.3) is 0 Å². The number of amides is 1. The maximum absolute atomic E-state index is 11.7. The minimum atomic E-state index is -0.150. The average Bonchev–Trinajstić information content (AvgIpc) is 2.31. The molecule has 0 bridgehead atoms. The number of benzene rings is 1. The largest absolute Gasteiger partial charge is 0.287 e. The lowest BCUT2D eigenvalue weighted by atomic mass is 10.2. The molecular formula is C11H11N3O. The fraction of sp³-hybridized carbons (Fsp3) is 0. The Morgan fingerprint density at radius 1 is 1.20 bits per heavy atom. The number of rotatable bonds is 2. The zero-order valence-electron chi connectivity index (χ0n) is 8.05. The van der Waals surface area contributed by atoms with Gasteiger partial charge >= 0.3 is 0 Å². The van der Waals surface area contributed by atoms with E-state index in [0.29, 0.717) is 5.56 Å². The lowest BCUT2D eigenvalue weighted by Gasteiger charge is -2.22. The number of nitrogens with one attached hydrogen (secondary N) is 2. The predicted molar refractivity (Wildman–Crippen MR) is 57.2 cm³/mol. The van der Waals surface area contributed by atoms with Gasteiger partial charge in [0.25, 0.3) is 5.91 Å². The summed E-state index contributed by atoms with van der Waals surface area (Å²) in [5.41, 5.74) is 6.16. The molecule has 1 aromatic rings. The Bertz CT molecular complexity index is 398. The highest BCUT2D eigenvalue weighted by Crippen LogP contribution is 1.98. The van der Waals surface area contributed by atoms with E-state index in [0.717, 1.165) is 0 Å². The van der Waals surface area contributed by atoms with Crippen LogP contribution in [0, 0.1) is 0 Å². The lowest BCUT2D eigenvalue weighted by molar-refractivity contribution is 0.0813. The summed E-state index contributed by atoms with van der Waals surface area (Å²) >= 11 is 0. The standard InChI is InChI=1S/C11H11N3O/c15-11(10-6-2-1-3-7-10)13-14-9-5-4-8-12-14/h1-9,12H,(H,13,15). The summed E-state index contributed by atoms with van der Waals surface area (Å²) < 4.78 is 0. The smallest absolute Gasteiger partial charge is 0.271 e. The number of carbonyl (C=O) groups is 1. The van der Waals surface area contributed by atoms with Gasteiger partial charge in [-0.1, -0.05) is 18.2 Å². The third-order valence-corrected chi connectivity index (χ3v) is 1.91. The van der Waals surface area contributed by atoms with Gasteiger partial charge in [0.15, 0.2) is 0 Å². The molecule has 0 spiro atoms. The Morgan fingerprint density at radius 2 is 2.00 bits per heavy atom. The van der Waals surface area contributed by atoms with E-state index >= 15 is 0 Å². The van der Waals surface area contributed by atoms with Crippen LogP contribution in [0.3, 0.4) is 0 Å². The molecule has 0 atom stereocenters. The summed E-state index contributed by atoms with van der Waals surface area (Å²) in [6.07, 6.45) is 7.11. The van der Waals surface area contributed by atoms with Crippen LogP contribution in [-0.2, 0) is 0 Å². The van der Waals surface area contributed by atoms with E-state index < -0.39 is 0 Å². The molecule has 1 heterocycles. The van der Waals surface area contributed by atoms with Crippen LogP contribution in [0.5, 0.6) is 0 Å². The SMILES string of the molecule is O=C(NN1C=CC=CN1)c1ccccc1. The van der Waals surface area contributed by atoms with Crippen molar-refractivity contribution in [2.24, 2.45) is 0 Å². The maximum atomic E-state index is 11.7. The van der Waals surface area contributed by atoms with Gasteiger partial charge in [0, 0.05) is 18.0 Å². The normalized spacial score (nSPS) is 13.5. The molecule has 0 saturated heterocycles. The second-order valence-corrected chi connectivity index (χ2v) is 3.01. The molecule has 1 aromatic carbocycles. The van der Waals surface area contributed by atoms with Crippen LogP contribution in [0.15, 0.2) is 54.9 Å². The van der Waals surface area contributed by atoms with Crippen molar-refractivity contribution >= 4 is 5.91 Å². The van der Waals surface area contributed by atoms with Crippen molar-refractivity contribution < 1.29 is 4.79 Å². The highest BCUT2D eigenvalue weighted by Gasteiger charge is 2.06. The van der Waals surface area contributed by atoms with Gasteiger partial charge in [0.05, 0.1) is 0 Å². The molecular weight excluding hydrogens is 190 g/mol. The predicted octanol–water partition coefficient (Wildman–Crippen LogP) is 1.18. The highest BCUT2D eigenvalue weighted by atomic mass is 16.2. The van der Waals surface area contributed by atoms with Gasteiger partial charge in [-0.15, -0.1) is 0 Å². The molecule has 0 saturated carbocycles. The molecule has 1 aliphatic rings. The van der Waals surface area contributed by atoms with Crippen LogP contribution in [0.4, 0.5) is 0 Å². The first-order valence-corrected chi connectivity index (χ1v) is 4.61. The van der Waals surface area contributed by atoms with Gasteiger partial charge in [-0.25, -0.2) is 10.5 Å². The minimum Gasteiger partial charge on any atom is -0.287 e. The molecule has 4 heteroatoms. The number of nitrogens with zero attached hydrogens (tertiary/aromatic N) is 1. The molecule has 0 fully saturated rings. The molecule has 4 nitrogen and oxygen atoms in total. The first kappa shape index (κ1) is 9.33. The molecule has 0 radical (unpaired) electrons. The summed E-state index contributed by atoms with van der Waals surface area (Å²) in [5.74, 6) is -0.150. The fourth-order valence-electron chi connectivity index (χ4n) is 1.19. The van der Waals surface area contributed by atoms with E-state index in [4.69, 9.17) is 0 Å². The number of carbonyl (C=O) groups excluding carboxylic acids is 1. The Hall–Kier alpha value is -2.23. The van der Waals surface area contributed by atoms with Crippen LogP contribution in [0.2, 0.25) is 0 Å². The van der Waals surface area contributed by atoms with Crippen molar-refractivity contribution in [1.29, 1.82) is 0 Å². The van der Waals surface area contributed by atoms with E-state index in [2.05, 4.69) is 10.9 Å². The van der Waals surface area contributed by atoms with E-state index in [9.17, 15) is 4.79 Å². The number of hydrazine groups is 2. The van der Waals surface area contributed by atoms with E-state index in [1.54, 1.807) is 24.5 Å². The number of hydrogen-bond acceptors (Lipinski definition) is 3. The van der Waals surface area contributed by atoms with Crippen molar-refractivity contribution in [3.63, 3.8) is 0 Å². The first-order chi connectivity index (χ1) is 7.36. The average molecular weight is 201 g/mol. The Morgan fingerprint density at radius 3 is 2.67 bits per heavy atom. The Labute approximate surface area is 87.8 Å². The van der Waals surface area contributed by atoms with Crippen molar-refractivity contribution in [3.8, 4) is 0 Å². The van der Waals surface area contributed by atoms with Gasteiger partial charge in [-0.2, -0.15) is 0 Å². The summed E-state index contributed by atoms with van der Waals surface area (Å²) in [7, 11) is 0. The third kappa shape index (κ3) is 2.37. The van der Waals surface area contributed by atoms with Crippen LogP contribution < -0.4 is 10.9 Å². The molecule has 2 rings (SSSR count). The minimum absolute atomic E-state index is 0.150. The molecule has 0 aliphatic carbocycles. The van der Waals surface area contributed by atoms with E-state index in [1.165, 1.54) is 5.12 Å².